The van der Waals surface area contributed by atoms with Crippen LogP contribution < -0.4 is 15.2 Å². The summed E-state index contributed by atoms with van der Waals surface area (Å²) in [6.45, 7) is 0.442. The SMILES string of the molecule is NCCC(=O)c1ccc(C(F)(F)F)c2c1OCCCO2. The number of Topliss-reactive ketones (excluding diaryl/α,β-unsaturated/α-hetero) is 1. The molecular formula is C13H14F3NO3. The van der Waals surface area contributed by atoms with Crippen LogP contribution in [0.4, 0.5) is 13.2 Å². The highest BCUT2D eigenvalue weighted by Crippen LogP contribution is 2.44. The Morgan fingerprint density at radius 2 is 1.85 bits per heavy atom. The minimum Gasteiger partial charge on any atom is -0.489 e. The summed E-state index contributed by atoms with van der Waals surface area (Å²) in [5.74, 6) is -0.892. The zero-order valence-electron chi connectivity index (χ0n) is 10.6. The normalized spacial score (nSPS) is 14.8. The van der Waals surface area contributed by atoms with Crippen molar-refractivity contribution in [1.29, 1.82) is 0 Å². The Kier molecular flexibility index (Phi) is 4.17. The predicted octanol–water partition coefficient (Wildman–Crippen LogP) is 2.40. The lowest BCUT2D eigenvalue weighted by Crippen LogP contribution is -2.13. The summed E-state index contributed by atoms with van der Waals surface area (Å²) in [5, 5.41) is 0. The molecule has 7 heteroatoms. The topological polar surface area (TPSA) is 61.6 Å². The summed E-state index contributed by atoms with van der Waals surface area (Å²) in [7, 11) is 0. The number of ether oxygens (including phenoxy) is 2. The number of halogens is 3. The molecule has 0 amide bonds. The average Bonchev–Trinajstić information content (AvgIpc) is 2.61. The first-order chi connectivity index (χ1) is 9.45. The van der Waals surface area contributed by atoms with Crippen LogP contribution >= 0.6 is 0 Å². The smallest absolute Gasteiger partial charge is 0.420 e. The molecule has 0 saturated carbocycles. The highest BCUT2D eigenvalue weighted by Gasteiger charge is 2.38. The van der Waals surface area contributed by atoms with Crippen LogP contribution in [-0.2, 0) is 6.18 Å². The minimum atomic E-state index is -4.56. The lowest BCUT2D eigenvalue weighted by Gasteiger charge is -2.17. The van der Waals surface area contributed by atoms with Gasteiger partial charge in [-0.3, -0.25) is 4.79 Å². The quantitative estimate of drug-likeness (QED) is 0.868. The van der Waals surface area contributed by atoms with E-state index in [1.54, 1.807) is 0 Å². The molecule has 1 aromatic carbocycles. The molecule has 2 N–H and O–H groups in total. The van der Waals surface area contributed by atoms with Crippen molar-refractivity contribution >= 4 is 5.78 Å². The number of carbonyl (C=O) groups is 1. The Balaban J connectivity index is 2.55. The number of carbonyl (C=O) groups excluding carboxylic acids is 1. The summed E-state index contributed by atoms with van der Waals surface area (Å²) in [6, 6.07) is 1.96. The monoisotopic (exact) mass is 289 g/mol. The molecule has 0 saturated heterocycles. The van der Waals surface area contributed by atoms with E-state index >= 15 is 0 Å². The molecule has 1 heterocycles. The molecule has 2 rings (SSSR count). The van der Waals surface area contributed by atoms with Crippen LogP contribution in [0.15, 0.2) is 12.1 Å². The van der Waals surface area contributed by atoms with Gasteiger partial charge in [-0.2, -0.15) is 13.2 Å². The highest BCUT2D eigenvalue weighted by atomic mass is 19.4. The third kappa shape index (κ3) is 2.87. The van der Waals surface area contributed by atoms with E-state index < -0.39 is 17.5 Å². The van der Waals surface area contributed by atoms with Gasteiger partial charge in [0.05, 0.1) is 18.8 Å². The number of alkyl halides is 3. The maximum absolute atomic E-state index is 12.9. The molecule has 0 fully saturated rings. The fourth-order valence-corrected chi connectivity index (χ4v) is 1.97. The summed E-state index contributed by atoms with van der Waals surface area (Å²) in [5.41, 5.74) is 4.45. The van der Waals surface area contributed by atoms with Gasteiger partial charge in [0.25, 0.3) is 0 Å². The van der Waals surface area contributed by atoms with Gasteiger partial charge < -0.3 is 15.2 Å². The summed E-state index contributed by atoms with van der Waals surface area (Å²) >= 11 is 0. The van der Waals surface area contributed by atoms with Crippen LogP contribution in [0.1, 0.15) is 28.8 Å². The molecule has 0 unspecified atom stereocenters. The van der Waals surface area contributed by atoms with Crippen LogP contribution in [0, 0.1) is 0 Å². The first-order valence-electron chi connectivity index (χ1n) is 6.18. The second-order valence-electron chi connectivity index (χ2n) is 4.33. The van der Waals surface area contributed by atoms with Crippen LogP contribution in [-0.4, -0.2) is 25.5 Å². The molecule has 110 valence electrons. The molecule has 0 aromatic heterocycles. The van der Waals surface area contributed by atoms with Crippen molar-refractivity contribution in [2.75, 3.05) is 19.8 Å². The van der Waals surface area contributed by atoms with Gasteiger partial charge in [-0.1, -0.05) is 0 Å². The maximum Gasteiger partial charge on any atom is 0.420 e. The van der Waals surface area contributed by atoms with Crippen LogP contribution in [0.3, 0.4) is 0 Å². The zero-order chi connectivity index (χ0) is 14.8. The van der Waals surface area contributed by atoms with E-state index in [0.29, 0.717) is 6.42 Å². The Bertz CT molecular complexity index is 514. The lowest BCUT2D eigenvalue weighted by atomic mass is 10.0. The highest BCUT2D eigenvalue weighted by molar-refractivity contribution is 5.99. The Morgan fingerprint density at radius 3 is 2.45 bits per heavy atom. The maximum atomic E-state index is 12.9. The molecule has 1 aliphatic heterocycles. The number of hydrogen-bond donors (Lipinski definition) is 1. The van der Waals surface area contributed by atoms with Gasteiger partial charge in [0.15, 0.2) is 17.3 Å². The Labute approximate surface area is 113 Å². The molecule has 4 nitrogen and oxygen atoms in total. The molecule has 0 bridgehead atoms. The zero-order valence-corrected chi connectivity index (χ0v) is 10.6. The number of hydrogen-bond acceptors (Lipinski definition) is 4. The first-order valence-corrected chi connectivity index (χ1v) is 6.18. The minimum absolute atomic E-state index is 0.0428. The number of ketones is 1. The van der Waals surface area contributed by atoms with E-state index in [1.165, 1.54) is 0 Å². The van der Waals surface area contributed by atoms with Crippen molar-refractivity contribution < 1.29 is 27.4 Å². The number of benzene rings is 1. The Hall–Kier alpha value is -1.76. The second kappa shape index (κ2) is 5.70. The number of fused-ring (bicyclic) bond motifs is 1. The van der Waals surface area contributed by atoms with E-state index in [4.69, 9.17) is 15.2 Å². The first kappa shape index (κ1) is 14.6. The predicted molar refractivity (Wildman–Crippen MR) is 65.1 cm³/mol. The van der Waals surface area contributed by atoms with E-state index in [1.807, 2.05) is 0 Å². The number of rotatable bonds is 3. The molecule has 0 aliphatic carbocycles. The van der Waals surface area contributed by atoms with E-state index in [9.17, 15) is 18.0 Å². The Morgan fingerprint density at radius 1 is 1.20 bits per heavy atom. The van der Waals surface area contributed by atoms with E-state index in [-0.39, 0.29) is 43.3 Å². The summed E-state index contributed by atoms with van der Waals surface area (Å²) in [4.78, 5) is 11.9. The lowest BCUT2D eigenvalue weighted by molar-refractivity contribution is -0.139. The van der Waals surface area contributed by atoms with Crippen LogP contribution in [0.2, 0.25) is 0 Å². The van der Waals surface area contributed by atoms with Crippen LogP contribution in [0.25, 0.3) is 0 Å². The van der Waals surface area contributed by atoms with Gasteiger partial charge in [-0.15, -0.1) is 0 Å². The van der Waals surface area contributed by atoms with Crippen molar-refractivity contribution in [3.05, 3.63) is 23.3 Å². The molecule has 1 aromatic rings. The summed E-state index contributed by atoms with van der Waals surface area (Å²) < 4.78 is 49.3. The third-order valence-electron chi connectivity index (χ3n) is 2.87. The van der Waals surface area contributed by atoms with Crippen molar-refractivity contribution in [1.82, 2.24) is 0 Å². The van der Waals surface area contributed by atoms with Crippen molar-refractivity contribution in [3.63, 3.8) is 0 Å². The molecule has 20 heavy (non-hydrogen) atoms. The van der Waals surface area contributed by atoms with Gasteiger partial charge in [-0.25, -0.2) is 0 Å². The van der Waals surface area contributed by atoms with Crippen LogP contribution in [0.5, 0.6) is 11.5 Å². The van der Waals surface area contributed by atoms with Crippen molar-refractivity contribution in [2.45, 2.75) is 19.0 Å². The second-order valence-corrected chi connectivity index (χ2v) is 4.33. The van der Waals surface area contributed by atoms with E-state index in [2.05, 4.69) is 0 Å². The van der Waals surface area contributed by atoms with Gasteiger partial charge in [0.2, 0.25) is 0 Å². The fraction of sp³-hybridized carbons (Fsp3) is 0.462. The molecule has 1 aliphatic rings. The number of nitrogens with two attached hydrogens (primary N) is 1. The van der Waals surface area contributed by atoms with Gasteiger partial charge in [0, 0.05) is 12.8 Å². The van der Waals surface area contributed by atoms with E-state index in [0.717, 1.165) is 12.1 Å². The van der Waals surface area contributed by atoms with Gasteiger partial charge in [-0.05, 0) is 18.7 Å². The average molecular weight is 289 g/mol. The van der Waals surface area contributed by atoms with Crippen molar-refractivity contribution in [3.8, 4) is 11.5 Å². The van der Waals surface area contributed by atoms with Crippen molar-refractivity contribution in [2.24, 2.45) is 5.73 Å². The molecule has 0 radical (unpaired) electrons. The third-order valence-corrected chi connectivity index (χ3v) is 2.87. The summed E-state index contributed by atoms with van der Waals surface area (Å²) in [6.07, 6.45) is -4.06. The molecule has 0 spiro atoms. The molecule has 0 atom stereocenters. The largest absolute Gasteiger partial charge is 0.489 e. The van der Waals surface area contributed by atoms with Gasteiger partial charge in [0.1, 0.15) is 5.56 Å². The van der Waals surface area contributed by atoms with Gasteiger partial charge >= 0.3 is 6.18 Å². The molecular weight excluding hydrogens is 275 g/mol. The fourth-order valence-electron chi connectivity index (χ4n) is 1.97. The standard InChI is InChI=1S/C13H14F3NO3/c14-13(15,16)9-3-2-8(10(18)4-5-17)11-12(9)20-7-1-6-19-11/h2-3H,1,4-7,17H2.